The summed E-state index contributed by atoms with van der Waals surface area (Å²) in [6.45, 7) is 26.7. The summed E-state index contributed by atoms with van der Waals surface area (Å²) in [6, 6.07) is -30.5. The highest BCUT2D eigenvalue weighted by Gasteiger charge is 2.44. The smallest absolute Gasteiger partial charge is 0.326 e. The highest BCUT2D eigenvalue weighted by atomic mass is 32.2. The fourth-order valence-electron chi connectivity index (χ4n) is 13.7. The summed E-state index contributed by atoms with van der Waals surface area (Å²) in [4.78, 5) is 286. The molecular formula is C86H150N20O29S. The van der Waals surface area contributed by atoms with Gasteiger partial charge in [0.2, 0.25) is 112 Å². The lowest BCUT2D eigenvalue weighted by atomic mass is 9.97. The molecule has 1 aliphatic heterocycles. The summed E-state index contributed by atoms with van der Waals surface area (Å²) < 4.78 is 0. The van der Waals surface area contributed by atoms with E-state index in [1.165, 1.54) is 53.3 Å². The molecule has 0 spiro atoms. The molecule has 0 bridgehead atoms. The van der Waals surface area contributed by atoms with Crippen LogP contribution in [-0.4, -0.2) is 347 Å². The topological polar surface area (TPSA) is 766 Å². The molecule has 49 nitrogen and oxygen atoms in total. The number of carboxylic acid groups (broad SMARTS) is 2. The Kier molecular flexibility index (Phi) is 54.7. The second-order valence-corrected chi connectivity index (χ2v) is 37.4. The van der Waals surface area contributed by atoms with Gasteiger partial charge in [-0.2, -0.15) is 11.8 Å². The predicted octanol–water partition coefficient (Wildman–Crippen LogP) is -8.16. The van der Waals surface area contributed by atoms with Crippen LogP contribution < -0.4 is 101 Å². The van der Waals surface area contributed by atoms with E-state index in [0.717, 1.165) is 18.7 Å². The zero-order valence-electron chi connectivity index (χ0n) is 81.4. The first-order valence-electron chi connectivity index (χ1n) is 45.6. The number of nitrogens with one attached hydrogen (secondary N) is 18. The number of carboxylic acids is 2. The summed E-state index contributed by atoms with van der Waals surface area (Å²) in [5.74, 6) is -23.8. The molecule has 28 N–H and O–H groups in total. The van der Waals surface area contributed by atoms with E-state index in [-0.39, 0.29) is 81.6 Å². The molecule has 774 valence electrons. The molecule has 0 aromatic rings. The number of carbonyl (C=O) groups is 21. The Morgan fingerprint density at radius 1 is 0.331 bits per heavy atom. The molecule has 1 saturated heterocycles. The molecule has 0 saturated carbocycles. The van der Waals surface area contributed by atoms with Crippen LogP contribution in [0.3, 0.4) is 0 Å². The first-order chi connectivity index (χ1) is 63.2. The number of likely N-dealkylation sites (tertiary alicyclic amines) is 1. The van der Waals surface area contributed by atoms with Gasteiger partial charge in [-0.1, -0.05) is 89.5 Å². The van der Waals surface area contributed by atoms with Gasteiger partial charge in [0.05, 0.1) is 44.6 Å². The fourth-order valence-corrected chi connectivity index (χ4v) is 14.1. The Balaban J connectivity index is 3.31. The second-order valence-electron chi connectivity index (χ2n) is 36.5. The number of aliphatic carboxylic acids is 2. The standard InChI is InChI=1S/C86H150N20O29S/c1-22-42(12)64(82(130)99-57(86(134)135)33-62(113)114)103-71(119)47(17)91-73(121)52(28-37(2)3)94-69(117)45(15)89-68(116)44(14)92-80(128)61-24-23-26-106(61)85(133)60(36-109)102-76(124)55(31-40(8)9)98-84(132)66(50(20)112)105-79(127)59(35-108)100-75(123)53(29-38(4)5)96-74(122)54(30-39(6)7)97-83(131)65(49(19)111)104-77(125)56(32-41(10)11)95-70(118)46(16)88-67(115)43(13)90-72(120)51(25-27-136-21)93-78(126)58(34-107)101-81(129)63(87)48(18)110/h37-61,63-66,107-112H,22-36,87H2,1-21H3,(H,88,115)(H,89,116)(H,90,120)(H,91,121)(H,92,128)(H,93,126)(H,94,117)(H,95,118)(H,96,122)(H,97,131)(H,98,132)(H,99,130)(H,100,123)(H,101,129)(H,102,124)(H,103,119)(H,104,125)(H,105,127)(H,113,114)(H,134,135)/t42-,43-,44-,45-,46-,47-,48+,49+,50+,51-,52-,53-,54-,55-,56-,57-,58-,59-,60-,61-,63-,64-,65-,66-/m0/s1. The maximum atomic E-state index is 14.4. The molecule has 1 heterocycles. The summed E-state index contributed by atoms with van der Waals surface area (Å²) >= 11 is 1.31. The molecule has 50 heteroatoms. The number of amides is 19. The normalized spacial score (nSPS) is 17.7. The monoisotopic (exact) mass is 1960 g/mol. The maximum absolute atomic E-state index is 14.4. The third-order valence-corrected chi connectivity index (χ3v) is 22.3. The minimum Gasteiger partial charge on any atom is -0.481 e. The van der Waals surface area contributed by atoms with Gasteiger partial charge in [0, 0.05) is 6.54 Å². The average molecular weight is 1960 g/mol. The van der Waals surface area contributed by atoms with Crippen LogP contribution in [0, 0.1) is 35.5 Å². The van der Waals surface area contributed by atoms with Crippen molar-refractivity contribution in [3.05, 3.63) is 0 Å². The van der Waals surface area contributed by atoms with Crippen molar-refractivity contribution in [1.82, 2.24) is 101 Å². The van der Waals surface area contributed by atoms with Gasteiger partial charge >= 0.3 is 11.9 Å². The molecule has 1 fully saturated rings. The highest BCUT2D eigenvalue weighted by molar-refractivity contribution is 7.98. The Morgan fingerprint density at radius 3 is 0.949 bits per heavy atom. The van der Waals surface area contributed by atoms with E-state index >= 15 is 0 Å². The molecular weight excluding hydrogens is 1810 g/mol. The predicted molar refractivity (Wildman–Crippen MR) is 492 cm³/mol. The third kappa shape index (κ3) is 42.7. The molecule has 0 aromatic carbocycles. The van der Waals surface area contributed by atoms with Crippen molar-refractivity contribution >= 4 is 136 Å². The quantitative estimate of drug-likeness (QED) is 0.0269. The summed E-state index contributed by atoms with van der Waals surface area (Å²) in [7, 11) is 0. The number of nitrogens with two attached hydrogens (primary N) is 1. The summed E-state index contributed by atoms with van der Waals surface area (Å²) in [5.41, 5.74) is 5.65. The number of aliphatic hydroxyl groups is 6. The first kappa shape index (κ1) is 123. The largest absolute Gasteiger partial charge is 0.481 e. The molecule has 1 rings (SSSR count). The molecule has 0 unspecified atom stereocenters. The molecule has 0 aliphatic carbocycles. The number of thioether (sulfide) groups is 1. The van der Waals surface area contributed by atoms with E-state index in [9.17, 15) is 136 Å². The third-order valence-electron chi connectivity index (χ3n) is 21.7. The number of hydrogen-bond acceptors (Lipinski definition) is 29. The van der Waals surface area contributed by atoms with Crippen LogP contribution in [0.2, 0.25) is 0 Å². The van der Waals surface area contributed by atoms with Gasteiger partial charge in [-0.15, -0.1) is 0 Å². The molecule has 24 atom stereocenters. The van der Waals surface area contributed by atoms with Gasteiger partial charge in [-0.25, -0.2) is 4.79 Å². The van der Waals surface area contributed by atoms with Crippen molar-refractivity contribution in [3.8, 4) is 0 Å². The van der Waals surface area contributed by atoms with E-state index in [1.54, 1.807) is 89.3 Å². The van der Waals surface area contributed by atoms with Crippen LogP contribution in [0.25, 0.3) is 0 Å². The van der Waals surface area contributed by atoms with Crippen LogP contribution in [-0.2, 0) is 101 Å². The zero-order valence-corrected chi connectivity index (χ0v) is 82.2. The molecule has 19 amide bonds. The lowest BCUT2D eigenvalue weighted by Gasteiger charge is -2.30. The Labute approximate surface area is 796 Å². The lowest BCUT2D eigenvalue weighted by molar-refractivity contribution is -0.147. The highest BCUT2D eigenvalue weighted by Crippen LogP contribution is 2.21. The Morgan fingerprint density at radius 2 is 0.603 bits per heavy atom. The van der Waals surface area contributed by atoms with Gasteiger partial charge in [0.25, 0.3) is 0 Å². The molecule has 0 aromatic heterocycles. The van der Waals surface area contributed by atoms with Gasteiger partial charge in [0.1, 0.15) is 121 Å². The SMILES string of the molecule is CC[C@H](C)[C@H](NC(=O)[C@H](C)NC(=O)[C@H](CC(C)C)NC(=O)[C@H](C)NC(=O)[C@H](C)NC(=O)[C@@H]1CCCN1C(=O)[C@H](CO)NC(=O)[C@H](CC(C)C)NC(=O)[C@@H](NC(=O)[C@H](CO)NC(=O)[C@H](CC(C)C)NC(=O)[C@H](CC(C)C)NC(=O)[C@@H](NC(=O)[C@H](CC(C)C)NC(=O)[C@H](C)NC(=O)[C@H](C)NC(=O)[C@H](CCSC)NC(=O)[C@H](CO)NC(=O)[C@@H](N)[C@@H](C)O)[C@@H](C)O)[C@@H](C)O)C(=O)N[C@@H](CC(=O)O)C(=O)O. The lowest BCUT2D eigenvalue weighted by Crippen LogP contribution is -2.63. The first-order valence-corrected chi connectivity index (χ1v) is 47.0. The molecule has 1 aliphatic rings. The van der Waals surface area contributed by atoms with Gasteiger partial charge in [0.15, 0.2) is 0 Å². The fraction of sp³-hybridized carbons (Fsp3) is 0.756. The van der Waals surface area contributed by atoms with E-state index in [0.29, 0.717) is 12.2 Å². The zero-order chi connectivity index (χ0) is 104. The minimum atomic E-state index is -1.95. The number of nitrogens with zero attached hydrogens (tertiary/aromatic N) is 1. The molecule has 0 radical (unpaired) electrons. The number of aliphatic hydroxyl groups excluding tert-OH is 6. The second kappa shape index (κ2) is 60.5. The van der Waals surface area contributed by atoms with Crippen LogP contribution in [0.1, 0.15) is 203 Å². The van der Waals surface area contributed by atoms with E-state index < -0.39 is 301 Å². The van der Waals surface area contributed by atoms with Gasteiger partial charge < -0.3 is 147 Å². The van der Waals surface area contributed by atoms with Crippen molar-refractivity contribution in [2.75, 3.05) is 38.4 Å². The van der Waals surface area contributed by atoms with Crippen molar-refractivity contribution in [2.45, 2.75) is 342 Å². The van der Waals surface area contributed by atoms with Gasteiger partial charge in [-0.05, 0) is 154 Å². The van der Waals surface area contributed by atoms with E-state index in [1.807, 2.05) is 0 Å². The minimum absolute atomic E-state index is 0.0120. The van der Waals surface area contributed by atoms with Crippen molar-refractivity contribution in [2.24, 2.45) is 41.2 Å². The number of hydrogen-bond donors (Lipinski definition) is 27. The van der Waals surface area contributed by atoms with Crippen LogP contribution in [0.5, 0.6) is 0 Å². The number of rotatable bonds is 61. The Bertz CT molecular complexity index is 4070. The summed E-state index contributed by atoms with van der Waals surface area (Å²) in [5, 5.41) is 125. The van der Waals surface area contributed by atoms with Crippen LogP contribution >= 0.6 is 11.8 Å². The average Bonchev–Trinajstić information content (AvgIpc) is 1.65. The van der Waals surface area contributed by atoms with Crippen molar-refractivity contribution in [3.63, 3.8) is 0 Å². The molecule has 136 heavy (non-hydrogen) atoms. The number of carbonyl (C=O) groups excluding carboxylic acids is 19. The van der Waals surface area contributed by atoms with Crippen LogP contribution in [0.4, 0.5) is 0 Å². The van der Waals surface area contributed by atoms with E-state index in [2.05, 4.69) is 95.7 Å². The summed E-state index contributed by atoms with van der Waals surface area (Å²) in [6.07, 6.45) is -3.93. The van der Waals surface area contributed by atoms with Gasteiger partial charge in [-0.3, -0.25) is 95.9 Å². The Hall–Kier alpha value is -11.1. The van der Waals surface area contributed by atoms with E-state index in [4.69, 9.17) is 10.8 Å². The van der Waals surface area contributed by atoms with Crippen molar-refractivity contribution < 1.29 is 142 Å². The van der Waals surface area contributed by atoms with Crippen LogP contribution in [0.15, 0.2) is 0 Å². The maximum Gasteiger partial charge on any atom is 0.326 e. The van der Waals surface area contributed by atoms with Crippen molar-refractivity contribution in [1.29, 1.82) is 0 Å².